The number of nitrogens with zero attached hydrogens (tertiary/aromatic N) is 1. The number of benzene rings is 1. The molecule has 1 aromatic rings. The number of likely N-dealkylation sites (tertiary alicyclic amines) is 1. The number of aliphatic hydroxyl groups excluding tert-OH is 1. The Hall–Kier alpha value is -2.28. The first-order chi connectivity index (χ1) is 12.2. The van der Waals surface area contributed by atoms with E-state index < -0.39 is 29.8 Å². The highest BCUT2D eigenvalue weighted by Crippen LogP contribution is 2.37. The average Bonchev–Trinajstić information content (AvgIpc) is 2.58. The van der Waals surface area contributed by atoms with Crippen LogP contribution < -0.4 is 4.74 Å². The lowest BCUT2D eigenvalue weighted by atomic mass is 9.92. The minimum Gasteiger partial charge on any atom is -0.496 e. The van der Waals surface area contributed by atoms with E-state index in [0.717, 1.165) is 0 Å². The van der Waals surface area contributed by atoms with Crippen molar-refractivity contribution in [2.75, 3.05) is 20.8 Å². The maximum absolute atomic E-state index is 12.6. The van der Waals surface area contributed by atoms with Crippen molar-refractivity contribution in [1.82, 2.24) is 4.90 Å². The van der Waals surface area contributed by atoms with Gasteiger partial charge in [-0.2, -0.15) is 0 Å². The van der Waals surface area contributed by atoms with Gasteiger partial charge in [0.2, 0.25) is 0 Å². The lowest BCUT2D eigenvalue weighted by Crippen LogP contribution is -2.45. The lowest BCUT2D eigenvalue weighted by Gasteiger charge is -2.39. The van der Waals surface area contributed by atoms with Gasteiger partial charge in [0.25, 0.3) is 0 Å². The van der Waals surface area contributed by atoms with Crippen molar-refractivity contribution in [3.63, 3.8) is 0 Å². The van der Waals surface area contributed by atoms with Gasteiger partial charge >= 0.3 is 12.1 Å². The summed E-state index contributed by atoms with van der Waals surface area (Å²) in [6, 6.07) is 4.52. The summed E-state index contributed by atoms with van der Waals surface area (Å²) >= 11 is 0. The van der Waals surface area contributed by atoms with Crippen molar-refractivity contribution in [2.45, 2.75) is 51.4 Å². The second kappa shape index (κ2) is 7.95. The summed E-state index contributed by atoms with van der Waals surface area (Å²) < 4.78 is 15.7. The zero-order valence-electron chi connectivity index (χ0n) is 15.9. The molecule has 1 aliphatic rings. The van der Waals surface area contributed by atoms with E-state index in [9.17, 15) is 14.7 Å². The fourth-order valence-electron chi connectivity index (χ4n) is 3.01. The molecule has 0 bridgehead atoms. The van der Waals surface area contributed by atoms with Crippen LogP contribution in [0.2, 0.25) is 0 Å². The third-order valence-corrected chi connectivity index (χ3v) is 4.22. The highest BCUT2D eigenvalue weighted by Gasteiger charge is 2.36. The van der Waals surface area contributed by atoms with Crippen molar-refractivity contribution in [2.24, 2.45) is 0 Å². The molecule has 2 atom stereocenters. The fourth-order valence-corrected chi connectivity index (χ4v) is 3.01. The number of methoxy groups -OCH3 is 2. The zero-order chi connectivity index (χ0) is 19.5. The molecule has 1 aromatic carbocycles. The molecular formula is C19H27NO6. The van der Waals surface area contributed by atoms with Crippen LogP contribution in [-0.4, -0.2) is 54.5 Å². The van der Waals surface area contributed by atoms with Gasteiger partial charge in [-0.05, 0) is 45.7 Å². The highest BCUT2D eigenvalue weighted by molar-refractivity contribution is 5.90. The zero-order valence-corrected chi connectivity index (χ0v) is 15.9. The maximum Gasteiger partial charge on any atom is 0.410 e. The third kappa shape index (κ3) is 4.66. The van der Waals surface area contributed by atoms with Crippen LogP contribution in [0.25, 0.3) is 0 Å². The highest BCUT2D eigenvalue weighted by atomic mass is 16.6. The summed E-state index contributed by atoms with van der Waals surface area (Å²) in [5, 5.41) is 10.1. The molecule has 1 aliphatic heterocycles. The molecule has 144 valence electrons. The van der Waals surface area contributed by atoms with Crippen LogP contribution in [-0.2, 0) is 9.47 Å². The van der Waals surface area contributed by atoms with E-state index in [0.29, 0.717) is 36.3 Å². The third-order valence-electron chi connectivity index (χ3n) is 4.22. The Labute approximate surface area is 153 Å². The number of hydrogen-bond acceptors (Lipinski definition) is 6. The summed E-state index contributed by atoms with van der Waals surface area (Å²) in [7, 11) is 2.81. The molecule has 7 heteroatoms. The van der Waals surface area contributed by atoms with E-state index in [1.54, 1.807) is 23.1 Å². The van der Waals surface area contributed by atoms with Crippen LogP contribution >= 0.6 is 0 Å². The van der Waals surface area contributed by atoms with Crippen LogP contribution in [0, 0.1) is 0 Å². The minimum absolute atomic E-state index is 0.355. The van der Waals surface area contributed by atoms with E-state index in [4.69, 9.17) is 14.2 Å². The molecule has 0 saturated carbocycles. The van der Waals surface area contributed by atoms with Crippen LogP contribution in [0.3, 0.4) is 0 Å². The average molecular weight is 365 g/mol. The van der Waals surface area contributed by atoms with Gasteiger partial charge in [0, 0.05) is 12.1 Å². The second-order valence-corrected chi connectivity index (χ2v) is 7.32. The Morgan fingerprint density at radius 3 is 2.50 bits per heavy atom. The van der Waals surface area contributed by atoms with Gasteiger partial charge in [0.15, 0.2) is 0 Å². The molecule has 1 N–H and O–H groups in total. The number of rotatable bonds is 3. The maximum atomic E-state index is 12.6. The predicted octanol–water partition coefficient (Wildman–Crippen LogP) is 2.91. The fraction of sp³-hybridized carbons (Fsp3) is 0.579. The Morgan fingerprint density at radius 2 is 1.92 bits per heavy atom. The number of carbonyl (C=O) groups excluding carboxylic acids is 2. The molecule has 26 heavy (non-hydrogen) atoms. The number of esters is 1. The molecule has 0 aliphatic carbocycles. The van der Waals surface area contributed by atoms with E-state index in [2.05, 4.69) is 0 Å². The number of carbonyl (C=O) groups is 2. The number of piperidine rings is 1. The monoisotopic (exact) mass is 365 g/mol. The summed E-state index contributed by atoms with van der Waals surface area (Å²) in [5.74, 6) is -0.0110. The van der Waals surface area contributed by atoms with Crippen LogP contribution in [0.1, 0.15) is 55.6 Å². The number of aliphatic hydroxyl groups is 1. The summed E-state index contributed by atoms with van der Waals surface area (Å²) in [6.07, 6.45) is -0.108. The first-order valence-electron chi connectivity index (χ1n) is 8.60. The molecule has 7 nitrogen and oxygen atoms in total. The van der Waals surface area contributed by atoms with Gasteiger partial charge < -0.3 is 24.2 Å². The molecular weight excluding hydrogens is 338 g/mol. The molecule has 1 amide bonds. The van der Waals surface area contributed by atoms with E-state index in [-0.39, 0.29) is 0 Å². The number of amides is 1. The van der Waals surface area contributed by atoms with Gasteiger partial charge in [-0.15, -0.1) is 0 Å². The molecule has 0 unspecified atom stereocenters. The summed E-state index contributed by atoms with van der Waals surface area (Å²) in [4.78, 5) is 26.0. The van der Waals surface area contributed by atoms with E-state index >= 15 is 0 Å². The van der Waals surface area contributed by atoms with Gasteiger partial charge in [-0.3, -0.25) is 0 Å². The summed E-state index contributed by atoms with van der Waals surface area (Å²) in [5.41, 5.74) is 0.453. The largest absolute Gasteiger partial charge is 0.496 e. The van der Waals surface area contributed by atoms with Gasteiger partial charge in [0.05, 0.1) is 31.9 Å². The van der Waals surface area contributed by atoms with Crippen LogP contribution in [0.5, 0.6) is 5.75 Å². The summed E-state index contributed by atoms with van der Waals surface area (Å²) in [6.45, 7) is 5.81. The normalized spacial score (nSPS) is 20.5. The van der Waals surface area contributed by atoms with E-state index in [1.165, 1.54) is 14.2 Å². The molecule has 0 radical (unpaired) electrons. The minimum atomic E-state index is -0.615. The lowest BCUT2D eigenvalue weighted by molar-refractivity contribution is -0.00878. The van der Waals surface area contributed by atoms with Crippen molar-refractivity contribution in [3.05, 3.63) is 29.3 Å². The molecule has 1 fully saturated rings. The molecule has 0 spiro atoms. The van der Waals surface area contributed by atoms with Crippen LogP contribution in [0.15, 0.2) is 18.2 Å². The van der Waals surface area contributed by atoms with Crippen molar-refractivity contribution in [1.29, 1.82) is 0 Å². The van der Waals surface area contributed by atoms with Crippen molar-refractivity contribution in [3.8, 4) is 5.75 Å². The first-order valence-corrected chi connectivity index (χ1v) is 8.60. The first kappa shape index (κ1) is 20.0. The Bertz CT molecular complexity index is 666. The predicted molar refractivity (Wildman–Crippen MR) is 95.3 cm³/mol. The second-order valence-electron chi connectivity index (χ2n) is 7.32. The molecule has 1 heterocycles. The number of hydrogen-bond donors (Lipinski definition) is 1. The molecule has 0 aromatic heterocycles. The number of ether oxygens (including phenoxy) is 3. The standard InChI is InChI=1S/C19H27NO6/c1-19(2,3)26-18(23)20-9-8-13(21)11-15(20)14-7-6-12(17(22)25-5)10-16(14)24-4/h6-7,10,13,15,21H,8-9,11H2,1-5H3/t13-,15-/m0/s1. The Kier molecular flexibility index (Phi) is 6.13. The topological polar surface area (TPSA) is 85.3 Å². The van der Waals surface area contributed by atoms with Crippen molar-refractivity contribution >= 4 is 12.1 Å². The van der Waals surface area contributed by atoms with Gasteiger partial charge in [-0.25, -0.2) is 9.59 Å². The molecule has 1 saturated heterocycles. The Balaban J connectivity index is 2.37. The van der Waals surface area contributed by atoms with Crippen molar-refractivity contribution < 1.29 is 28.9 Å². The van der Waals surface area contributed by atoms with E-state index in [1.807, 2.05) is 20.8 Å². The van der Waals surface area contributed by atoms with Gasteiger partial charge in [-0.1, -0.05) is 6.07 Å². The van der Waals surface area contributed by atoms with Crippen LogP contribution in [0.4, 0.5) is 4.79 Å². The quantitative estimate of drug-likeness (QED) is 0.829. The Morgan fingerprint density at radius 1 is 1.23 bits per heavy atom. The molecule has 2 rings (SSSR count). The smallest absolute Gasteiger partial charge is 0.410 e. The SMILES string of the molecule is COC(=O)c1ccc([C@@H]2C[C@@H](O)CCN2C(=O)OC(C)(C)C)c(OC)c1. The van der Waals surface area contributed by atoms with Gasteiger partial charge in [0.1, 0.15) is 11.4 Å².